The normalized spacial score (nSPS) is 15.4. The molecule has 2 amide bonds. The lowest BCUT2D eigenvalue weighted by Gasteiger charge is -2.45. The van der Waals surface area contributed by atoms with Gasteiger partial charge in [0, 0.05) is 29.6 Å². The van der Waals surface area contributed by atoms with Crippen LogP contribution in [0.3, 0.4) is 0 Å². The minimum Gasteiger partial charge on any atom is -0.624 e. The number of carbonyl (C=O) groups excluding carboxylic acids is 1. The average Bonchev–Trinajstić information content (AvgIpc) is 2.79. The van der Waals surface area contributed by atoms with Crippen LogP contribution in [0.2, 0.25) is 0 Å². The van der Waals surface area contributed by atoms with E-state index in [1.165, 1.54) is 7.11 Å². The number of carbonyl (C=O) groups is 1. The predicted octanol–water partition coefficient (Wildman–Crippen LogP) is 3.34. The number of nitrogens with zero attached hydrogens (tertiary/aromatic N) is 3. The van der Waals surface area contributed by atoms with Crippen LogP contribution in [-0.4, -0.2) is 63.2 Å². The van der Waals surface area contributed by atoms with Gasteiger partial charge in [0.1, 0.15) is 30.3 Å². The first-order chi connectivity index (χ1) is 14.8. The first-order valence-corrected chi connectivity index (χ1v) is 10.3. The Hall–Kier alpha value is -3.04. The van der Waals surface area contributed by atoms with Crippen molar-refractivity contribution >= 4 is 17.4 Å². The molecule has 0 atom stereocenters. The number of rotatable bonds is 6. The summed E-state index contributed by atoms with van der Waals surface area (Å²) in [6, 6.07) is 6.78. The number of aromatic nitrogens is 1. The summed E-state index contributed by atoms with van der Waals surface area (Å²) in [7, 11) is 4.68. The molecule has 1 fully saturated rings. The standard InChI is InChI=1S/C22H30N4O5/c1-6-16-11-20(21(31-5)23-15(16)2)24-22(27)26(28)9-7-25(8-10-26)17-12-18(29-3)14-19(13-17)30-4/h11-14H,6-10H2,1-5H3,(H,24,27). The molecule has 1 saturated heterocycles. The Morgan fingerprint density at radius 2 is 1.71 bits per heavy atom. The fourth-order valence-corrected chi connectivity index (χ4v) is 3.67. The maximum absolute atomic E-state index is 13.3. The quantitative estimate of drug-likeness (QED) is 0.555. The van der Waals surface area contributed by atoms with Crippen molar-refractivity contribution in [3.8, 4) is 17.4 Å². The van der Waals surface area contributed by atoms with E-state index < -0.39 is 10.7 Å². The minimum atomic E-state index is -0.962. The monoisotopic (exact) mass is 430 g/mol. The van der Waals surface area contributed by atoms with Gasteiger partial charge < -0.3 is 24.3 Å². The number of urea groups is 1. The topological polar surface area (TPSA) is 96.0 Å². The van der Waals surface area contributed by atoms with Gasteiger partial charge in [0.05, 0.1) is 34.4 Å². The largest absolute Gasteiger partial charge is 0.624 e. The zero-order chi connectivity index (χ0) is 22.6. The van der Waals surface area contributed by atoms with Crippen LogP contribution in [0.5, 0.6) is 17.4 Å². The zero-order valence-corrected chi connectivity index (χ0v) is 18.7. The van der Waals surface area contributed by atoms with Crippen molar-refractivity contribution in [3.63, 3.8) is 0 Å². The summed E-state index contributed by atoms with van der Waals surface area (Å²) in [6.07, 6.45) is 0.766. The van der Waals surface area contributed by atoms with Crippen LogP contribution in [0.15, 0.2) is 24.3 Å². The number of pyridine rings is 1. The molecule has 168 valence electrons. The van der Waals surface area contributed by atoms with Crippen molar-refractivity contribution in [1.29, 1.82) is 0 Å². The van der Waals surface area contributed by atoms with Crippen LogP contribution in [-0.2, 0) is 6.42 Å². The molecule has 9 heteroatoms. The maximum Gasteiger partial charge on any atom is 0.421 e. The molecule has 0 aliphatic carbocycles. The van der Waals surface area contributed by atoms with E-state index in [-0.39, 0.29) is 13.1 Å². The van der Waals surface area contributed by atoms with Crippen molar-refractivity contribution in [2.75, 3.05) is 57.7 Å². The summed E-state index contributed by atoms with van der Waals surface area (Å²) < 4.78 is 15.0. The van der Waals surface area contributed by atoms with Gasteiger partial charge in [-0.05, 0) is 25.0 Å². The average molecular weight is 431 g/mol. The molecule has 1 aliphatic rings. The second kappa shape index (κ2) is 9.40. The number of hydroxylamine groups is 3. The highest BCUT2D eigenvalue weighted by molar-refractivity contribution is 5.86. The number of benzene rings is 1. The third-order valence-corrected chi connectivity index (χ3v) is 5.63. The Kier molecular flexibility index (Phi) is 6.87. The SMILES string of the molecule is CCc1cc(NC(=O)[N+]2([O-])CCN(c3cc(OC)cc(OC)c3)CC2)c(OC)nc1C. The van der Waals surface area contributed by atoms with Gasteiger partial charge in [-0.1, -0.05) is 6.92 Å². The zero-order valence-electron chi connectivity index (χ0n) is 18.7. The third-order valence-electron chi connectivity index (χ3n) is 5.63. The van der Waals surface area contributed by atoms with Crippen LogP contribution in [0.4, 0.5) is 16.2 Å². The number of methoxy groups -OCH3 is 3. The summed E-state index contributed by atoms with van der Waals surface area (Å²) in [5.41, 5.74) is 3.14. The Bertz CT molecular complexity index is 919. The molecule has 9 nitrogen and oxygen atoms in total. The fourth-order valence-electron chi connectivity index (χ4n) is 3.67. The van der Waals surface area contributed by atoms with E-state index in [1.807, 2.05) is 32.0 Å². The van der Waals surface area contributed by atoms with E-state index in [1.54, 1.807) is 20.3 Å². The molecule has 1 N–H and O–H groups in total. The molecule has 1 aliphatic heterocycles. The number of aryl methyl sites for hydroxylation is 2. The first-order valence-electron chi connectivity index (χ1n) is 10.3. The van der Waals surface area contributed by atoms with Gasteiger partial charge in [0.25, 0.3) is 0 Å². The number of nitrogens with one attached hydrogen (secondary N) is 1. The van der Waals surface area contributed by atoms with Crippen molar-refractivity contribution in [2.45, 2.75) is 20.3 Å². The number of amides is 2. The van der Waals surface area contributed by atoms with Gasteiger partial charge >= 0.3 is 6.03 Å². The van der Waals surface area contributed by atoms with Gasteiger partial charge in [-0.2, -0.15) is 0 Å². The highest BCUT2D eigenvalue weighted by atomic mass is 16.6. The van der Waals surface area contributed by atoms with E-state index >= 15 is 0 Å². The van der Waals surface area contributed by atoms with Crippen molar-refractivity contribution in [3.05, 3.63) is 40.7 Å². The summed E-state index contributed by atoms with van der Waals surface area (Å²) in [5.74, 6) is 1.65. The summed E-state index contributed by atoms with van der Waals surface area (Å²) in [5, 5.41) is 16.0. The molecule has 3 rings (SSSR count). The third kappa shape index (κ3) is 4.83. The molecule has 0 unspecified atom stereocenters. The Labute approximate surface area is 182 Å². The molecular formula is C22H30N4O5. The lowest BCUT2D eigenvalue weighted by atomic mass is 10.1. The predicted molar refractivity (Wildman–Crippen MR) is 119 cm³/mol. The number of hydrogen-bond donors (Lipinski definition) is 1. The number of hydrogen-bond acceptors (Lipinski definition) is 7. The van der Waals surface area contributed by atoms with Gasteiger partial charge in [-0.15, -0.1) is 0 Å². The van der Waals surface area contributed by atoms with Crippen molar-refractivity contribution in [1.82, 2.24) is 4.98 Å². The first kappa shape index (κ1) is 22.6. The Morgan fingerprint density at radius 1 is 1.10 bits per heavy atom. The summed E-state index contributed by atoms with van der Waals surface area (Å²) in [4.78, 5) is 19.3. The minimum absolute atomic E-state index is 0.119. The number of piperazine rings is 1. The van der Waals surface area contributed by atoms with Crippen LogP contribution in [0, 0.1) is 12.1 Å². The van der Waals surface area contributed by atoms with Gasteiger partial charge in [0.2, 0.25) is 5.88 Å². The highest BCUT2D eigenvalue weighted by Gasteiger charge is 2.34. The van der Waals surface area contributed by atoms with Crippen LogP contribution in [0.25, 0.3) is 0 Å². The molecule has 0 spiro atoms. The maximum atomic E-state index is 13.3. The van der Waals surface area contributed by atoms with Gasteiger partial charge in [-0.25, -0.2) is 9.78 Å². The lowest BCUT2D eigenvalue weighted by molar-refractivity contribution is -0.797. The van der Waals surface area contributed by atoms with E-state index in [0.717, 1.165) is 23.4 Å². The molecule has 0 saturated carbocycles. The number of anilines is 2. The van der Waals surface area contributed by atoms with Crippen LogP contribution < -0.4 is 24.4 Å². The molecule has 2 heterocycles. The van der Waals surface area contributed by atoms with E-state index in [2.05, 4.69) is 15.2 Å². The van der Waals surface area contributed by atoms with Crippen LogP contribution >= 0.6 is 0 Å². The second-order valence-electron chi connectivity index (χ2n) is 7.47. The van der Waals surface area contributed by atoms with Crippen molar-refractivity contribution < 1.29 is 23.7 Å². The molecule has 2 aromatic rings. The Morgan fingerprint density at radius 3 is 2.23 bits per heavy atom. The molecule has 0 radical (unpaired) electrons. The summed E-state index contributed by atoms with van der Waals surface area (Å²) in [6.45, 7) is 4.99. The lowest BCUT2D eigenvalue weighted by Crippen LogP contribution is -2.60. The molecule has 1 aromatic carbocycles. The van der Waals surface area contributed by atoms with Gasteiger partial charge in [-0.3, -0.25) is 9.96 Å². The van der Waals surface area contributed by atoms with Crippen LogP contribution in [0.1, 0.15) is 18.2 Å². The molecular weight excluding hydrogens is 400 g/mol. The van der Waals surface area contributed by atoms with Gasteiger partial charge in [0.15, 0.2) is 0 Å². The molecule has 1 aromatic heterocycles. The summed E-state index contributed by atoms with van der Waals surface area (Å²) >= 11 is 0. The molecule has 0 bridgehead atoms. The Balaban J connectivity index is 1.73. The molecule has 31 heavy (non-hydrogen) atoms. The van der Waals surface area contributed by atoms with Crippen molar-refractivity contribution in [2.24, 2.45) is 0 Å². The van der Waals surface area contributed by atoms with E-state index in [0.29, 0.717) is 36.2 Å². The number of quaternary nitrogens is 1. The van der Waals surface area contributed by atoms with E-state index in [9.17, 15) is 10.0 Å². The number of ether oxygens (including phenoxy) is 3. The highest BCUT2D eigenvalue weighted by Crippen LogP contribution is 2.31. The van der Waals surface area contributed by atoms with E-state index in [4.69, 9.17) is 14.2 Å². The smallest absolute Gasteiger partial charge is 0.421 e. The second-order valence-corrected chi connectivity index (χ2v) is 7.47. The fraction of sp³-hybridized carbons (Fsp3) is 0.455.